The molecule has 2 amide bonds. The third kappa shape index (κ3) is 4.18. The molecule has 4 rings (SSSR count). The Kier molecular flexibility index (Phi) is 5.08. The number of likely N-dealkylation sites (N-methyl/N-ethyl adjacent to an activating group) is 1. The maximum Gasteiger partial charge on any atom is 0.406 e. The first-order valence-electron chi connectivity index (χ1n) is 9.53. The Bertz CT molecular complexity index is 1170. The number of fused-ring (bicyclic) bond motifs is 2. The molecule has 0 saturated carbocycles. The lowest BCUT2D eigenvalue weighted by Gasteiger charge is -2.22. The van der Waals surface area contributed by atoms with Gasteiger partial charge in [0.2, 0.25) is 5.91 Å². The van der Waals surface area contributed by atoms with Crippen molar-refractivity contribution in [2.24, 2.45) is 7.05 Å². The van der Waals surface area contributed by atoms with Crippen LogP contribution in [0.3, 0.4) is 0 Å². The number of benzene rings is 2. The number of amides is 2. The largest absolute Gasteiger partial charge is 0.406 e. The zero-order valence-electron chi connectivity index (χ0n) is 16.9. The molecule has 7 nitrogen and oxygen atoms in total. The predicted octanol–water partition coefficient (Wildman–Crippen LogP) is 3.29. The second kappa shape index (κ2) is 7.60. The molecular formula is C21H20F3N5O2. The van der Waals surface area contributed by atoms with Gasteiger partial charge in [0.05, 0.1) is 23.0 Å². The molecule has 3 aromatic rings. The Morgan fingerprint density at radius 3 is 2.77 bits per heavy atom. The van der Waals surface area contributed by atoms with Crippen LogP contribution < -0.4 is 5.32 Å². The van der Waals surface area contributed by atoms with E-state index in [4.69, 9.17) is 0 Å². The molecule has 0 spiro atoms. The number of halogens is 3. The highest BCUT2D eigenvalue weighted by atomic mass is 19.4. The smallest absolute Gasteiger partial charge is 0.355 e. The second-order valence-electron chi connectivity index (χ2n) is 7.53. The van der Waals surface area contributed by atoms with Crippen LogP contribution in [0.1, 0.15) is 15.9 Å². The number of alkyl halides is 3. The molecule has 0 radical (unpaired) electrons. The van der Waals surface area contributed by atoms with Gasteiger partial charge < -0.3 is 15.1 Å². The standard InChI is InChI=1S/C21H20F3N5O2/c1-27(12-21(22,23)24)18(30)11-29-10-13-4-3-5-16(19(13)20(29)31)26-15-6-7-17-14(8-15)9-25-28(17)2/h3-9,26H,10-12H2,1-2H3. The van der Waals surface area contributed by atoms with Gasteiger partial charge >= 0.3 is 6.18 Å². The molecule has 2 heterocycles. The molecule has 31 heavy (non-hydrogen) atoms. The number of nitrogens with one attached hydrogen (secondary N) is 1. The van der Waals surface area contributed by atoms with Gasteiger partial charge in [-0.3, -0.25) is 14.3 Å². The van der Waals surface area contributed by atoms with Crippen molar-refractivity contribution >= 4 is 34.1 Å². The number of hydrogen-bond donors (Lipinski definition) is 1. The highest BCUT2D eigenvalue weighted by Crippen LogP contribution is 2.32. The lowest BCUT2D eigenvalue weighted by Crippen LogP contribution is -2.42. The molecule has 0 fully saturated rings. The van der Waals surface area contributed by atoms with Crippen molar-refractivity contribution < 1.29 is 22.8 Å². The van der Waals surface area contributed by atoms with E-state index in [9.17, 15) is 22.8 Å². The van der Waals surface area contributed by atoms with Crippen LogP contribution in [-0.2, 0) is 18.4 Å². The van der Waals surface area contributed by atoms with Crippen LogP contribution in [0.4, 0.5) is 24.5 Å². The fourth-order valence-electron chi connectivity index (χ4n) is 3.69. The van der Waals surface area contributed by atoms with Crippen molar-refractivity contribution in [3.05, 3.63) is 53.7 Å². The van der Waals surface area contributed by atoms with Crippen molar-refractivity contribution in [3.63, 3.8) is 0 Å². The van der Waals surface area contributed by atoms with E-state index in [0.29, 0.717) is 21.7 Å². The van der Waals surface area contributed by atoms with Gasteiger partial charge in [0.15, 0.2) is 0 Å². The summed E-state index contributed by atoms with van der Waals surface area (Å²) in [6.45, 7) is -1.61. The molecule has 0 atom stereocenters. The summed E-state index contributed by atoms with van der Waals surface area (Å²) in [5, 5.41) is 8.38. The maximum absolute atomic E-state index is 12.9. The molecule has 1 aromatic heterocycles. The van der Waals surface area contributed by atoms with E-state index in [1.54, 1.807) is 29.1 Å². The number of nitrogens with zero attached hydrogens (tertiary/aromatic N) is 4. The molecule has 0 bridgehead atoms. The van der Waals surface area contributed by atoms with Crippen LogP contribution in [0.2, 0.25) is 0 Å². The Balaban J connectivity index is 1.52. The molecule has 10 heteroatoms. The summed E-state index contributed by atoms with van der Waals surface area (Å²) in [6, 6.07) is 11.0. The van der Waals surface area contributed by atoms with Crippen molar-refractivity contribution in [1.82, 2.24) is 19.6 Å². The van der Waals surface area contributed by atoms with Gasteiger partial charge in [-0.1, -0.05) is 12.1 Å². The van der Waals surface area contributed by atoms with Gasteiger partial charge in [0, 0.05) is 31.7 Å². The Morgan fingerprint density at radius 2 is 2.03 bits per heavy atom. The number of carbonyl (C=O) groups excluding carboxylic acids is 2. The summed E-state index contributed by atoms with van der Waals surface area (Å²) < 4.78 is 39.4. The quantitative estimate of drug-likeness (QED) is 0.673. The fraction of sp³-hybridized carbons (Fsp3) is 0.286. The molecule has 1 aliphatic heterocycles. The molecule has 0 aliphatic carbocycles. The third-order valence-corrected chi connectivity index (χ3v) is 5.21. The Labute approximate surface area is 176 Å². The summed E-state index contributed by atoms with van der Waals surface area (Å²) in [7, 11) is 2.92. The molecule has 1 N–H and O–H groups in total. The summed E-state index contributed by atoms with van der Waals surface area (Å²) in [4.78, 5) is 27.0. The predicted molar refractivity (Wildman–Crippen MR) is 109 cm³/mol. The minimum atomic E-state index is -4.49. The summed E-state index contributed by atoms with van der Waals surface area (Å²) >= 11 is 0. The van der Waals surface area contributed by atoms with E-state index in [1.807, 2.05) is 25.2 Å². The second-order valence-corrected chi connectivity index (χ2v) is 7.53. The highest BCUT2D eigenvalue weighted by molar-refractivity contribution is 6.05. The molecule has 0 saturated heterocycles. The Morgan fingerprint density at radius 1 is 1.26 bits per heavy atom. The Hall–Kier alpha value is -3.56. The van der Waals surface area contributed by atoms with Gasteiger partial charge in [0.25, 0.3) is 5.91 Å². The van der Waals surface area contributed by atoms with Crippen LogP contribution in [0.25, 0.3) is 10.9 Å². The average molecular weight is 431 g/mol. The van der Waals surface area contributed by atoms with Crippen LogP contribution in [0.15, 0.2) is 42.6 Å². The number of rotatable bonds is 5. The molecule has 0 unspecified atom stereocenters. The normalized spacial score (nSPS) is 13.6. The van der Waals surface area contributed by atoms with Crippen LogP contribution in [0, 0.1) is 0 Å². The van der Waals surface area contributed by atoms with E-state index in [0.717, 1.165) is 23.6 Å². The van der Waals surface area contributed by atoms with Gasteiger partial charge in [-0.25, -0.2) is 0 Å². The summed E-state index contributed by atoms with van der Waals surface area (Å²) in [5.41, 5.74) is 3.43. The first kappa shape index (κ1) is 20.7. The van der Waals surface area contributed by atoms with Gasteiger partial charge in [0.1, 0.15) is 13.1 Å². The van der Waals surface area contributed by atoms with E-state index in [-0.39, 0.29) is 6.54 Å². The highest BCUT2D eigenvalue weighted by Gasteiger charge is 2.35. The van der Waals surface area contributed by atoms with E-state index < -0.39 is 31.1 Å². The third-order valence-electron chi connectivity index (χ3n) is 5.21. The van der Waals surface area contributed by atoms with Crippen LogP contribution in [-0.4, -0.2) is 57.7 Å². The lowest BCUT2D eigenvalue weighted by molar-refractivity contribution is -0.158. The van der Waals surface area contributed by atoms with E-state index in [1.165, 1.54) is 4.90 Å². The van der Waals surface area contributed by atoms with Crippen LogP contribution in [0.5, 0.6) is 0 Å². The maximum atomic E-state index is 12.9. The first-order valence-corrected chi connectivity index (χ1v) is 9.53. The number of aryl methyl sites for hydroxylation is 1. The van der Waals surface area contributed by atoms with E-state index in [2.05, 4.69) is 10.4 Å². The topological polar surface area (TPSA) is 70.5 Å². The summed E-state index contributed by atoms with van der Waals surface area (Å²) in [5.74, 6) is -1.16. The van der Waals surface area contributed by atoms with E-state index >= 15 is 0 Å². The van der Waals surface area contributed by atoms with Crippen molar-refractivity contribution in [2.45, 2.75) is 12.7 Å². The molecule has 1 aliphatic rings. The first-order chi connectivity index (χ1) is 14.6. The molecule has 162 valence electrons. The summed E-state index contributed by atoms with van der Waals surface area (Å²) in [6.07, 6.45) is -2.75. The van der Waals surface area contributed by atoms with Gasteiger partial charge in [-0.2, -0.15) is 18.3 Å². The lowest BCUT2D eigenvalue weighted by atomic mass is 10.1. The number of hydrogen-bond acceptors (Lipinski definition) is 4. The molecule has 2 aromatic carbocycles. The minimum Gasteiger partial charge on any atom is -0.355 e. The zero-order chi connectivity index (χ0) is 22.3. The van der Waals surface area contributed by atoms with Crippen molar-refractivity contribution in [2.75, 3.05) is 25.5 Å². The number of aromatic nitrogens is 2. The van der Waals surface area contributed by atoms with Crippen molar-refractivity contribution in [3.8, 4) is 0 Å². The fourth-order valence-corrected chi connectivity index (χ4v) is 3.69. The van der Waals surface area contributed by atoms with Crippen molar-refractivity contribution in [1.29, 1.82) is 0 Å². The van der Waals surface area contributed by atoms with Gasteiger partial charge in [-0.15, -0.1) is 0 Å². The van der Waals surface area contributed by atoms with Crippen LogP contribution >= 0.6 is 0 Å². The number of carbonyl (C=O) groups is 2. The minimum absolute atomic E-state index is 0.164. The number of anilines is 2. The zero-order valence-corrected chi connectivity index (χ0v) is 16.9. The molecular weight excluding hydrogens is 411 g/mol. The van der Waals surface area contributed by atoms with Gasteiger partial charge in [-0.05, 0) is 29.8 Å². The SMILES string of the molecule is CN(CC(F)(F)F)C(=O)CN1Cc2cccc(Nc3ccc4c(cnn4C)c3)c2C1=O. The average Bonchev–Trinajstić information content (AvgIpc) is 3.21. The monoisotopic (exact) mass is 431 g/mol.